The molecule has 0 atom stereocenters. The van der Waals surface area contributed by atoms with Crippen LogP contribution in [0, 0.1) is 0 Å². The summed E-state index contributed by atoms with van der Waals surface area (Å²) in [6, 6.07) is 12.1. The van der Waals surface area contributed by atoms with Gasteiger partial charge in [-0.1, -0.05) is 29.8 Å². The molecule has 0 heterocycles. The molecule has 2 rings (SSSR count). The first-order chi connectivity index (χ1) is 10.5. The molecule has 0 aliphatic heterocycles. The maximum absolute atomic E-state index is 12.2. The summed E-state index contributed by atoms with van der Waals surface area (Å²) in [6.45, 7) is 3.87. The fourth-order valence-corrected chi connectivity index (χ4v) is 2.19. The summed E-state index contributed by atoms with van der Waals surface area (Å²) in [6.07, 6.45) is 0.187. The molecular formula is C17H15Cl2NO2. The summed E-state index contributed by atoms with van der Waals surface area (Å²) in [7, 11) is 1.58. The van der Waals surface area contributed by atoms with Crippen molar-refractivity contribution in [3.63, 3.8) is 0 Å². The van der Waals surface area contributed by atoms with Gasteiger partial charge in [-0.3, -0.25) is 4.79 Å². The maximum atomic E-state index is 12.2. The normalized spacial score (nSPS) is 10.1. The largest absolute Gasteiger partial charge is 0.497 e. The number of Topliss-reactive ketones (excluding diaryl/α,β-unsaturated/α-hetero) is 1. The molecule has 0 unspecified atom stereocenters. The molecule has 2 aromatic rings. The van der Waals surface area contributed by atoms with Crippen molar-refractivity contribution in [1.82, 2.24) is 0 Å². The van der Waals surface area contributed by atoms with E-state index in [2.05, 4.69) is 11.9 Å². The lowest BCUT2D eigenvalue weighted by Gasteiger charge is -2.10. The van der Waals surface area contributed by atoms with Crippen LogP contribution < -0.4 is 10.1 Å². The van der Waals surface area contributed by atoms with Gasteiger partial charge in [0.05, 0.1) is 23.6 Å². The number of anilines is 1. The van der Waals surface area contributed by atoms with E-state index in [0.29, 0.717) is 27.1 Å². The van der Waals surface area contributed by atoms with Crippen molar-refractivity contribution in [3.8, 4) is 5.75 Å². The highest BCUT2D eigenvalue weighted by atomic mass is 35.5. The highest BCUT2D eigenvalue weighted by Gasteiger charge is 2.09. The van der Waals surface area contributed by atoms with E-state index in [9.17, 15) is 4.79 Å². The number of carbonyl (C=O) groups excluding carboxylic acids is 1. The van der Waals surface area contributed by atoms with Crippen molar-refractivity contribution < 1.29 is 9.53 Å². The van der Waals surface area contributed by atoms with Crippen LogP contribution in [-0.4, -0.2) is 12.9 Å². The Morgan fingerprint density at radius 2 is 1.82 bits per heavy atom. The Hall–Kier alpha value is -1.97. The fraction of sp³-hybridized carbons (Fsp3) is 0.118. The molecule has 0 bridgehead atoms. The van der Waals surface area contributed by atoms with Crippen molar-refractivity contribution in [3.05, 3.63) is 70.3 Å². The van der Waals surface area contributed by atoms with E-state index in [1.807, 2.05) is 0 Å². The molecule has 0 radical (unpaired) electrons. The predicted molar refractivity (Wildman–Crippen MR) is 91.2 cm³/mol. The number of hydrogen-bond acceptors (Lipinski definition) is 3. The molecule has 3 nitrogen and oxygen atoms in total. The second-order valence-corrected chi connectivity index (χ2v) is 5.50. The molecule has 5 heteroatoms. The molecular weight excluding hydrogens is 321 g/mol. The zero-order valence-electron chi connectivity index (χ0n) is 12.0. The third-order valence-electron chi connectivity index (χ3n) is 3.03. The van der Waals surface area contributed by atoms with Gasteiger partial charge in [0.25, 0.3) is 0 Å². The number of ether oxygens (including phenoxy) is 1. The molecule has 0 amide bonds. The Labute approximate surface area is 139 Å². The summed E-state index contributed by atoms with van der Waals surface area (Å²) in [5, 5.41) is 3.97. The van der Waals surface area contributed by atoms with Crippen LogP contribution >= 0.6 is 23.2 Å². The zero-order valence-corrected chi connectivity index (χ0v) is 13.5. The lowest BCUT2D eigenvalue weighted by molar-refractivity contribution is 0.0993. The minimum Gasteiger partial charge on any atom is -0.497 e. The third-order valence-corrected chi connectivity index (χ3v) is 3.77. The zero-order chi connectivity index (χ0) is 16.1. The monoisotopic (exact) mass is 335 g/mol. The van der Waals surface area contributed by atoms with E-state index in [-0.39, 0.29) is 12.2 Å². The number of nitrogens with one attached hydrogen (secondary N) is 1. The van der Waals surface area contributed by atoms with Gasteiger partial charge in [-0.05, 0) is 42.5 Å². The molecule has 0 fully saturated rings. The molecule has 0 saturated carbocycles. The molecule has 1 N–H and O–H groups in total. The van der Waals surface area contributed by atoms with E-state index >= 15 is 0 Å². The predicted octanol–water partition coefficient (Wildman–Crippen LogP) is 5.20. The lowest BCUT2D eigenvalue weighted by Crippen LogP contribution is -2.06. The number of benzene rings is 2. The van der Waals surface area contributed by atoms with Crippen LogP contribution in [-0.2, 0) is 0 Å². The average molecular weight is 336 g/mol. The highest BCUT2D eigenvalue weighted by Crippen LogP contribution is 2.26. The summed E-state index contributed by atoms with van der Waals surface area (Å²) >= 11 is 11.8. The smallest absolute Gasteiger partial charge is 0.168 e. The second kappa shape index (κ2) is 7.34. The van der Waals surface area contributed by atoms with E-state index in [1.165, 1.54) is 0 Å². The van der Waals surface area contributed by atoms with Gasteiger partial charge in [0.1, 0.15) is 5.75 Å². The molecule has 0 spiro atoms. The van der Waals surface area contributed by atoms with E-state index in [4.69, 9.17) is 27.9 Å². The topological polar surface area (TPSA) is 38.3 Å². The van der Waals surface area contributed by atoms with Gasteiger partial charge in [0.15, 0.2) is 5.78 Å². The Morgan fingerprint density at radius 3 is 2.41 bits per heavy atom. The third kappa shape index (κ3) is 4.26. The first kappa shape index (κ1) is 16.4. The van der Waals surface area contributed by atoms with Crippen LogP contribution in [0.4, 0.5) is 5.69 Å². The van der Waals surface area contributed by atoms with E-state index in [1.54, 1.807) is 49.6 Å². The number of rotatable bonds is 6. The van der Waals surface area contributed by atoms with Gasteiger partial charge in [-0.2, -0.15) is 0 Å². The van der Waals surface area contributed by atoms with Gasteiger partial charge >= 0.3 is 0 Å². The molecule has 114 valence electrons. The van der Waals surface area contributed by atoms with Crippen LogP contribution in [0.5, 0.6) is 5.75 Å². The SMILES string of the molecule is C=C(CC(=O)c1ccc(OC)cc1)Nc1ccc(Cl)c(Cl)c1. The number of methoxy groups -OCH3 is 1. The summed E-state index contributed by atoms with van der Waals surface area (Å²) < 4.78 is 5.07. The molecule has 0 aromatic heterocycles. The van der Waals surface area contributed by atoms with Crippen LogP contribution in [0.2, 0.25) is 10.0 Å². The Morgan fingerprint density at radius 1 is 1.14 bits per heavy atom. The minimum atomic E-state index is -0.0276. The van der Waals surface area contributed by atoms with Crippen molar-refractivity contribution in [2.45, 2.75) is 6.42 Å². The Balaban J connectivity index is 1.98. The van der Waals surface area contributed by atoms with E-state index in [0.717, 1.165) is 5.69 Å². The van der Waals surface area contributed by atoms with Gasteiger partial charge in [0.2, 0.25) is 0 Å². The number of ketones is 1. The number of halogens is 2. The molecule has 22 heavy (non-hydrogen) atoms. The second-order valence-electron chi connectivity index (χ2n) is 4.69. The van der Waals surface area contributed by atoms with Gasteiger partial charge < -0.3 is 10.1 Å². The number of carbonyl (C=O) groups is 1. The van der Waals surface area contributed by atoms with E-state index < -0.39 is 0 Å². The van der Waals surface area contributed by atoms with Gasteiger partial charge in [0, 0.05) is 16.9 Å². The highest BCUT2D eigenvalue weighted by molar-refractivity contribution is 6.42. The van der Waals surface area contributed by atoms with Crippen molar-refractivity contribution in [2.75, 3.05) is 12.4 Å². The molecule has 0 aliphatic carbocycles. The van der Waals surface area contributed by atoms with Crippen LogP contribution in [0.1, 0.15) is 16.8 Å². The van der Waals surface area contributed by atoms with Crippen LogP contribution in [0.25, 0.3) is 0 Å². The molecule has 0 aliphatic rings. The summed E-state index contributed by atoms with van der Waals surface area (Å²) in [5.41, 5.74) is 1.93. The first-order valence-corrected chi connectivity index (χ1v) is 7.32. The standard InChI is InChI=1S/C17H15Cl2NO2/c1-11(20-13-5-8-15(18)16(19)10-13)9-17(21)12-3-6-14(22-2)7-4-12/h3-8,10,20H,1,9H2,2H3. The first-order valence-electron chi connectivity index (χ1n) is 6.56. The summed E-state index contributed by atoms with van der Waals surface area (Å²) in [5.74, 6) is 0.685. The average Bonchev–Trinajstić information content (AvgIpc) is 2.51. The summed E-state index contributed by atoms with van der Waals surface area (Å²) in [4.78, 5) is 12.2. The van der Waals surface area contributed by atoms with Crippen LogP contribution in [0.15, 0.2) is 54.7 Å². The lowest BCUT2D eigenvalue weighted by atomic mass is 10.1. The minimum absolute atomic E-state index is 0.0276. The Bertz CT molecular complexity index is 696. The van der Waals surface area contributed by atoms with Crippen molar-refractivity contribution >= 4 is 34.7 Å². The Kier molecular flexibility index (Phi) is 5.47. The molecule has 0 saturated heterocycles. The quantitative estimate of drug-likeness (QED) is 0.737. The number of allylic oxidation sites excluding steroid dienone is 1. The fourth-order valence-electron chi connectivity index (χ4n) is 1.89. The van der Waals surface area contributed by atoms with Gasteiger partial charge in [-0.25, -0.2) is 0 Å². The van der Waals surface area contributed by atoms with Crippen molar-refractivity contribution in [1.29, 1.82) is 0 Å². The maximum Gasteiger partial charge on any atom is 0.168 e. The van der Waals surface area contributed by atoms with Gasteiger partial charge in [-0.15, -0.1) is 0 Å². The number of hydrogen-bond donors (Lipinski definition) is 1. The van der Waals surface area contributed by atoms with Crippen LogP contribution in [0.3, 0.4) is 0 Å². The molecule has 2 aromatic carbocycles. The van der Waals surface area contributed by atoms with Crippen molar-refractivity contribution in [2.24, 2.45) is 0 Å².